The second-order valence-electron chi connectivity index (χ2n) is 4.81. The van der Waals surface area contributed by atoms with Crippen molar-refractivity contribution in [2.24, 2.45) is 0 Å². The molecular formula is C16H19N3O2. The van der Waals surface area contributed by atoms with Crippen LogP contribution in [0.15, 0.2) is 42.6 Å². The molecule has 0 spiro atoms. The monoisotopic (exact) mass is 285 g/mol. The van der Waals surface area contributed by atoms with E-state index in [1.54, 1.807) is 31.2 Å². The summed E-state index contributed by atoms with van der Waals surface area (Å²) in [6, 6.07) is 10.8. The first-order chi connectivity index (χ1) is 10.0. The molecule has 0 saturated carbocycles. The predicted molar refractivity (Wildman–Crippen MR) is 82.2 cm³/mol. The van der Waals surface area contributed by atoms with E-state index in [0.717, 1.165) is 11.3 Å². The fraction of sp³-hybridized carbons (Fsp3) is 0.250. The Morgan fingerprint density at radius 3 is 2.62 bits per heavy atom. The van der Waals surface area contributed by atoms with Gasteiger partial charge in [0.1, 0.15) is 11.4 Å². The molecule has 0 aliphatic heterocycles. The zero-order valence-electron chi connectivity index (χ0n) is 12.4. The average molecular weight is 285 g/mol. The lowest BCUT2D eigenvalue weighted by atomic mass is 10.1. The van der Waals surface area contributed by atoms with Crippen molar-refractivity contribution in [1.82, 2.24) is 9.88 Å². The first-order valence-corrected chi connectivity index (χ1v) is 6.66. The normalized spacial score (nSPS) is 11.8. The third-order valence-corrected chi connectivity index (χ3v) is 3.50. The molecule has 1 unspecified atom stereocenters. The van der Waals surface area contributed by atoms with E-state index >= 15 is 0 Å². The molecule has 0 aliphatic carbocycles. The van der Waals surface area contributed by atoms with E-state index in [0.29, 0.717) is 11.4 Å². The van der Waals surface area contributed by atoms with E-state index in [1.165, 1.54) is 6.20 Å². The summed E-state index contributed by atoms with van der Waals surface area (Å²) in [6.45, 7) is 1.95. The molecule has 0 fully saturated rings. The minimum absolute atomic E-state index is 0.131. The lowest BCUT2D eigenvalue weighted by molar-refractivity contribution is 0.0735. The number of pyridine rings is 1. The second-order valence-corrected chi connectivity index (χ2v) is 4.81. The molecule has 1 atom stereocenters. The summed E-state index contributed by atoms with van der Waals surface area (Å²) in [7, 11) is 3.37. The van der Waals surface area contributed by atoms with Crippen molar-refractivity contribution in [2.45, 2.75) is 13.0 Å². The van der Waals surface area contributed by atoms with E-state index in [9.17, 15) is 4.79 Å². The Morgan fingerprint density at radius 2 is 2.00 bits per heavy atom. The summed E-state index contributed by atoms with van der Waals surface area (Å²) in [6.07, 6.45) is 1.48. The van der Waals surface area contributed by atoms with Gasteiger partial charge >= 0.3 is 0 Å². The Hall–Kier alpha value is -2.56. The number of carbonyl (C=O) groups is 1. The highest BCUT2D eigenvalue weighted by molar-refractivity contribution is 5.92. The van der Waals surface area contributed by atoms with E-state index in [2.05, 4.69) is 4.98 Å². The molecule has 0 radical (unpaired) electrons. The van der Waals surface area contributed by atoms with Crippen molar-refractivity contribution >= 4 is 11.6 Å². The molecule has 110 valence electrons. The molecule has 2 aromatic rings. The van der Waals surface area contributed by atoms with Gasteiger partial charge in [0.25, 0.3) is 5.91 Å². The van der Waals surface area contributed by atoms with Gasteiger partial charge in [0.15, 0.2) is 0 Å². The van der Waals surface area contributed by atoms with E-state index in [4.69, 9.17) is 10.5 Å². The van der Waals surface area contributed by atoms with Gasteiger partial charge in [-0.1, -0.05) is 18.2 Å². The molecule has 21 heavy (non-hydrogen) atoms. The van der Waals surface area contributed by atoms with Gasteiger partial charge in [0, 0.05) is 12.6 Å². The Morgan fingerprint density at radius 1 is 1.29 bits per heavy atom. The van der Waals surface area contributed by atoms with Gasteiger partial charge in [-0.05, 0) is 25.1 Å². The van der Waals surface area contributed by atoms with Crippen LogP contribution in [0, 0.1) is 0 Å². The topological polar surface area (TPSA) is 68.5 Å². The van der Waals surface area contributed by atoms with Crippen LogP contribution in [0.1, 0.15) is 29.0 Å². The highest BCUT2D eigenvalue weighted by Crippen LogP contribution is 2.28. The van der Waals surface area contributed by atoms with Crippen LogP contribution in [0.2, 0.25) is 0 Å². The van der Waals surface area contributed by atoms with Gasteiger partial charge in [-0.15, -0.1) is 0 Å². The number of ether oxygens (including phenoxy) is 1. The van der Waals surface area contributed by atoms with Crippen molar-refractivity contribution in [3.05, 3.63) is 53.9 Å². The Labute approximate surface area is 124 Å². The standard InChI is InChI=1S/C16H19N3O2/c1-11(13-6-4-5-7-15(13)21-3)19(2)16(20)14-9-8-12(17)10-18-14/h4-11H,17H2,1-3H3. The number of hydrogen-bond acceptors (Lipinski definition) is 4. The summed E-state index contributed by atoms with van der Waals surface area (Å²) < 4.78 is 5.35. The number of nitrogens with two attached hydrogens (primary N) is 1. The molecule has 2 rings (SSSR count). The number of amides is 1. The predicted octanol–water partition coefficient (Wildman–Crippen LogP) is 2.51. The van der Waals surface area contributed by atoms with Crippen molar-refractivity contribution in [3.8, 4) is 5.75 Å². The van der Waals surface area contributed by atoms with Gasteiger partial charge in [-0.2, -0.15) is 0 Å². The van der Waals surface area contributed by atoms with Crippen molar-refractivity contribution in [1.29, 1.82) is 0 Å². The Kier molecular flexibility index (Phi) is 4.42. The van der Waals surface area contributed by atoms with Gasteiger partial charge in [-0.3, -0.25) is 4.79 Å². The smallest absolute Gasteiger partial charge is 0.272 e. The van der Waals surface area contributed by atoms with Crippen LogP contribution in [0.25, 0.3) is 0 Å². The number of hydrogen-bond donors (Lipinski definition) is 1. The van der Waals surface area contributed by atoms with Crippen LogP contribution in [0.4, 0.5) is 5.69 Å². The van der Waals surface area contributed by atoms with Gasteiger partial charge < -0.3 is 15.4 Å². The molecule has 1 aromatic carbocycles. The zero-order valence-corrected chi connectivity index (χ0v) is 12.4. The first kappa shape index (κ1) is 14.8. The van der Waals surface area contributed by atoms with Crippen molar-refractivity contribution < 1.29 is 9.53 Å². The second kappa shape index (κ2) is 6.26. The zero-order chi connectivity index (χ0) is 15.4. The molecule has 1 heterocycles. The number of nitrogens with zero attached hydrogens (tertiary/aromatic N) is 2. The number of benzene rings is 1. The highest BCUT2D eigenvalue weighted by atomic mass is 16.5. The minimum Gasteiger partial charge on any atom is -0.496 e. The molecule has 0 aliphatic rings. The number of aromatic nitrogens is 1. The maximum absolute atomic E-state index is 12.5. The van der Waals surface area contributed by atoms with Crippen LogP contribution in [0.5, 0.6) is 5.75 Å². The summed E-state index contributed by atoms with van der Waals surface area (Å²) in [5, 5.41) is 0. The molecule has 1 amide bonds. The summed E-state index contributed by atoms with van der Waals surface area (Å²) in [5.41, 5.74) is 7.44. The van der Waals surface area contributed by atoms with Crippen LogP contribution < -0.4 is 10.5 Å². The number of carbonyl (C=O) groups excluding carboxylic acids is 1. The SMILES string of the molecule is COc1ccccc1C(C)N(C)C(=O)c1ccc(N)cn1. The number of para-hydroxylation sites is 1. The summed E-state index contributed by atoms with van der Waals surface area (Å²) >= 11 is 0. The van der Waals surface area contributed by atoms with Crippen LogP contribution in [-0.4, -0.2) is 29.9 Å². The van der Waals surface area contributed by atoms with E-state index in [-0.39, 0.29) is 11.9 Å². The maximum atomic E-state index is 12.5. The minimum atomic E-state index is -0.159. The lowest BCUT2D eigenvalue weighted by Gasteiger charge is -2.26. The van der Waals surface area contributed by atoms with E-state index < -0.39 is 0 Å². The van der Waals surface area contributed by atoms with Gasteiger partial charge in [0.2, 0.25) is 0 Å². The van der Waals surface area contributed by atoms with Crippen molar-refractivity contribution in [2.75, 3.05) is 19.9 Å². The third kappa shape index (κ3) is 3.13. The van der Waals surface area contributed by atoms with Crippen molar-refractivity contribution in [3.63, 3.8) is 0 Å². The number of nitrogen functional groups attached to an aromatic ring is 1. The molecular weight excluding hydrogens is 266 g/mol. The molecule has 1 aromatic heterocycles. The highest BCUT2D eigenvalue weighted by Gasteiger charge is 2.22. The van der Waals surface area contributed by atoms with Crippen LogP contribution in [0.3, 0.4) is 0 Å². The van der Waals surface area contributed by atoms with E-state index in [1.807, 2.05) is 31.2 Å². The Balaban J connectivity index is 2.24. The quantitative estimate of drug-likeness (QED) is 0.937. The molecule has 0 bridgehead atoms. The molecule has 0 saturated heterocycles. The van der Waals surface area contributed by atoms with Crippen LogP contribution in [-0.2, 0) is 0 Å². The lowest BCUT2D eigenvalue weighted by Crippen LogP contribution is -2.30. The average Bonchev–Trinajstić information content (AvgIpc) is 2.53. The summed E-state index contributed by atoms with van der Waals surface area (Å²) in [4.78, 5) is 18.2. The molecule has 2 N–H and O–H groups in total. The first-order valence-electron chi connectivity index (χ1n) is 6.66. The third-order valence-electron chi connectivity index (χ3n) is 3.50. The molecule has 5 heteroatoms. The van der Waals surface area contributed by atoms with Gasteiger partial charge in [0.05, 0.1) is 25.0 Å². The van der Waals surface area contributed by atoms with Crippen LogP contribution >= 0.6 is 0 Å². The largest absolute Gasteiger partial charge is 0.496 e. The fourth-order valence-electron chi connectivity index (χ4n) is 2.11. The maximum Gasteiger partial charge on any atom is 0.272 e. The Bertz CT molecular complexity index is 626. The number of anilines is 1. The van der Waals surface area contributed by atoms with Gasteiger partial charge in [-0.25, -0.2) is 4.98 Å². The number of methoxy groups -OCH3 is 1. The fourth-order valence-corrected chi connectivity index (χ4v) is 2.11. The summed E-state index contributed by atoms with van der Waals surface area (Å²) in [5.74, 6) is 0.600. The molecule has 5 nitrogen and oxygen atoms in total. The number of rotatable bonds is 4.